The minimum absolute atomic E-state index is 0.278. The van der Waals surface area contributed by atoms with Crippen molar-refractivity contribution in [3.8, 4) is 0 Å². The highest BCUT2D eigenvalue weighted by molar-refractivity contribution is 8.01. The third-order valence-corrected chi connectivity index (χ3v) is 4.32. The Hall–Kier alpha value is -0.980. The van der Waals surface area contributed by atoms with Crippen LogP contribution in [0.5, 0.6) is 0 Å². The number of hydrogen-bond donors (Lipinski definition) is 1. The molecule has 0 aliphatic carbocycles. The van der Waals surface area contributed by atoms with E-state index in [1.165, 1.54) is 5.56 Å². The molecule has 1 unspecified atom stereocenters. The van der Waals surface area contributed by atoms with E-state index in [0.29, 0.717) is 0 Å². The lowest BCUT2D eigenvalue weighted by Gasteiger charge is -2.13. The van der Waals surface area contributed by atoms with E-state index >= 15 is 0 Å². The standard InChI is InChI=1S/C11H14N4S2/c1-7(12-3)9-5-4-6-13-10(9)17-11-15-14-8(2)16-11/h4-7,12H,1-3H3. The molecule has 2 rings (SSSR count). The van der Waals surface area contributed by atoms with Gasteiger partial charge in [-0.3, -0.25) is 0 Å². The lowest BCUT2D eigenvalue weighted by molar-refractivity contribution is 0.634. The highest BCUT2D eigenvalue weighted by Crippen LogP contribution is 2.32. The third-order valence-electron chi connectivity index (χ3n) is 2.39. The van der Waals surface area contributed by atoms with Crippen LogP contribution in [0, 0.1) is 6.92 Å². The van der Waals surface area contributed by atoms with Crippen LogP contribution in [0.3, 0.4) is 0 Å². The molecule has 4 nitrogen and oxygen atoms in total. The fourth-order valence-corrected chi connectivity index (χ4v) is 3.28. The zero-order chi connectivity index (χ0) is 12.3. The van der Waals surface area contributed by atoms with E-state index in [0.717, 1.165) is 14.4 Å². The van der Waals surface area contributed by atoms with Crippen molar-refractivity contribution in [1.82, 2.24) is 20.5 Å². The Morgan fingerprint density at radius 3 is 2.88 bits per heavy atom. The normalized spacial score (nSPS) is 12.6. The van der Waals surface area contributed by atoms with Crippen LogP contribution >= 0.6 is 23.1 Å². The first-order valence-corrected chi connectivity index (χ1v) is 6.94. The van der Waals surface area contributed by atoms with E-state index in [1.54, 1.807) is 23.1 Å². The minimum atomic E-state index is 0.278. The summed E-state index contributed by atoms with van der Waals surface area (Å²) >= 11 is 3.16. The van der Waals surface area contributed by atoms with E-state index in [1.807, 2.05) is 26.2 Å². The molecule has 0 saturated carbocycles. The third kappa shape index (κ3) is 3.02. The van der Waals surface area contributed by atoms with E-state index < -0.39 is 0 Å². The molecule has 0 aromatic carbocycles. The maximum Gasteiger partial charge on any atom is 0.180 e. The molecule has 0 spiro atoms. The maximum absolute atomic E-state index is 4.41. The van der Waals surface area contributed by atoms with Crippen molar-refractivity contribution < 1.29 is 0 Å². The van der Waals surface area contributed by atoms with Crippen LogP contribution in [-0.2, 0) is 0 Å². The molecule has 90 valence electrons. The zero-order valence-corrected chi connectivity index (χ0v) is 11.6. The molecule has 17 heavy (non-hydrogen) atoms. The highest BCUT2D eigenvalue weighted by atomic mass is 32.2. The van der Waals surface area contributed by atoms with Gasteiger partial charge in [0.25, 0.3) is 0 Å². The molecule has 2 aromatic rings. The van der Waals surface area contributed by atoms with Gasteiger partial charge in [-0.2, -0.15) is 0 Å². The van der Waals surface area contributed by atoms with Gasteiger partial charge in [0.2, 0.25) is 0 Å². The van der Waals surface area contributed by atoms with Gasteiger partial charge in [-0.1, -0.05) is 17.4 Å². The van der Waals surface area contributed by atoms with Crippen molar-refractivity contribution >= 4 is 23.1 Å². The van der Waals surface area contributed by atoms with Crippen molar-refractivity contribution in [3.05, 3.63) is 28.9 Å². The number of nitrogens with one attached hydrogen (secondary N) is 1. The van der Waals surface area contributed by atoms with Crippen molar-refractivity contribution in [2.24, 2.45) is 0 Å². The summed E-state index contributed by atoms with van der Waals surface area (Å²) in [6.07, 6.45) is 1.81. The Labute approximate surface area is 109 Å². The summed E-state index contributed by atoms with van der Waals surface area (Å²) in [7, 11) is 1.95. The number of hydrogen-bond acceptors (Lipinski definition) is 6. The van der Waals surface area contributed by atoms with Crippen LogP contribution in [0.1, 0.15) is 23.5 Å². The smallest absolute Gasteiger partial charge is 0.180 e. The Morgan fingerprint density at radius 1 is 1.41 bits per heavy atom. The number of rotatable bonds is 4. The molecule has 2 heterocycles. The lowest BCUT2D eigenvalue weighted by Crippen LogP contribution is -2.13. The monoisotopic (exact) mass is 266 g/mol. The Morgan fingerprint density at radius 2 is 2.24 bits per heavy atom. The van der Waals surface area contributed by atoms with E-state index in [-0.39, 0.29) is 6.04 Å². The summed E-state index contributed by atoms with van der Waals surface area (Å²) in [4.78, 5) is 4.41. The van der Waals surface area contributed by atoms with Gasteiger partial charge in [-0.05, 0) is 38.7 Å². The Bertz CT molecular complexity index is 498. The van der Waals surface area contributed by atoms with E-state index in [9.17, 15) is 0 Å². The highest BCUT2D eigenvalue weighted by Gasteiger charge is 2.12. The molecule has 1 atom stereocenters. The Balaban J connectivity index is 2.26. The second-order valence-corrected chi connectivity index (χ2v) is 6.01. The largest absolute Gasteiger partial charge is 0.313 e. The van der Waals surface area contributed by atoms with Gasteiger partial charge in [-0.15, -0.1) is 10.2 Å². The molecule has 0 aliphatic rings. The van der Waals surface area contributed by atoms with E-state index in [4.69, 9.17) is 0 Å². The second-order valence-electron chi connectivity index (χ2n) is 3.60. The molecule has 0 amide bonds. The molecule has 2 aromatic heterocycles. The summed E-state index contributed by atoms with van der Waals surface area (Å²) in [6, 6.07) is 4.32. The van der Waals surface area contributed by atoms with Crippen LogP contribution in [0.25, 0.3) is 0 Å². The van der Waals surface area contributed by atoms with Gasteiger partial charge in [0.05, 0.1) is 0 Å². The van der Waals surface area contributed by atoms with Crippen LogP contribution in [0.4, 0.5) is 0 Å². The average Bonchev–Trinajstić information content (AvgIpc) is 2.74. The fourth-order valence-electron chi connectivity index (χ4n) is 1.38. The first-order valence-electron chi connectivity index (χ1n) is 5.31. The molecule has 0 saturated heterocycles. The fraction of sp³-hybridized carbons (Fsp3) is 0.364. The van der Waals surface area contributed by atoms with Crippen molar-refractivity contribution in [2.75, 3.05) is 7.05 Å². The molecule has 6 heteroatoms. The van der Waals surface area contributed by atoms with Crippen LogP contribution in [-0.4, -0.2) is 22.2 Å². The number of aryl methyl sites for hydroxylation is 1. The summed E-state index contributed by atoms with van der Waals surface area (Å²) in [5, 5.41) is 13.3. The van der Waals surface area contributed by atoms with Gasteiger partial charge in [-0.25, -0.2) is 4.98 Å². The predicted octanol–water partition coefficient (Wildman–Crippen LogP) is 2.67. The quantitative estimate of drug-likeness (QED) is 0.922. The van der Waals surface area contributed by atoms with Crippen LogP contribution < -0.4 is 5.32 Å². The summed E-state index contributed by atoms with van der Waals surface area (Å²) in [5.74, 6) is 0. The molecule has 0 bridgehead atoms. The Kier molecular flexibility index (Phi) is 4.09. The number of pyridine rings is 1. The average molecular weight is 266 g/mol. The SMILES string of the molecule is CNC(C)c1cccnc1Sc1nnc(C)s1. The van der Waals surface area contributed by atoms with Gasteiger partial charge in [0.1, 0.15) is 10.0 Å². The maximum atomic E-state index is 4.41. The number of nitrogens with zero attached hydrogens (tertiary/aromatic N) is 3. The lowest BCUT2D eigenvalue weighted by atomic mass is 10.1. The molecular formula is C11H14N4S2. The summed E-state index contributed by atoms with van der Waals surface area (Å²) < 4.78 is 0.936. The van der Waals surface area contributed by atoms with Crippen LogP contribution in [0.15, 0.2) is 27.7 Å². The molecular weight excluding hydrogens is 252 g/mol. The van der Waals surface area contributed by atoms with Crippen molar-refractivity contribution in [3.63, 3.8) is 0 Å². The summed E-state index contributed by atoms with van der Waals surface area (Å²) in [5.41, 5.74) is 1.19. The topological polar surface area (TPSA) is 50.7 Å². The van der Waals surface area contributed by atoms with Gasteiger partial charge in [0, 0.05) is 17.8 Å². The molecule has 0 fully saturated rings. The minimum Gasteiger partial charge on any atom is -0.313 e. The van der Waals surface area contributed by atoms with Crippen molar-refractivity contribution in [2.45, 2.75) is 29.3 Å². The van der Waals surface area contributed by atoms with Gasteiger partial charge in [0.15, 0.2) is 4.34 Å². The van der Waals surface area contributed by atoms with Gasteiger partial charge >= 0.3 is 0 Å². The van der Waals surface area contributed by atoms with E-state index in [2.05, 4.69) is 33.5 Å². The molecule has 1 N–H and O–H groups in total. The van der Waals surface area contributed by atoms with Gasteiger partial charge < -0.3 is 5.32 Å². The van der Waals surface area contributed by atoms with Crippen molar-refractivity contribution in [1.29, 1.82) is 0 Å². The number of aromatic nitrogens is 3. The predicted molar refractivity (Wildman–Crippen MR) is 70.5 cm³/mol. The molecule has 0 radical (unpaired) electrons. The zero-order valence-electron chi connectivity index (χ0n) is 9.97. The van der Waals surface area contributed by atoms with Crippen LogP contribution in [0.2, 0.25) is 0 Å². The summed E-state index contributed by atoms with van der Waals surface area (Å²) in [6.45, 7) is 4.07. The molecule has 0 aliphatic heterocycles. The second kappa shape index (κ2) is 5.57. The first-order chi connectivity index (χ1) is 8.20. The first kappa shape index (κ1) is 12.5.